The zero-order valence-electron chi connectivity index (χ0n) is 9.67. The third-order valence-electron chi connectivity index (χ3n) is 1.69. The molecule has 1 nitrogen and oxygen atoms in total. The number of aromatic amines is 1. The molecule has 0 spiro atoms. The number of hydrogen-bond acceptors (Lipinski definition) is 0. The summed E-state index contributed by atoms with van der Waals surface area (Å²) in [6.07, 6.45) is 11.4. The Morgan fingerprint density at radius 2 is 2.07 bits per heavy atom. The number of nitrogens with one attached hydrogen (secondary N) is 1. The molecule has 0 unspecified atom stereocenters. The molecule has 0 radical (unpaired) electrons. The van der Waals surface area contributed by atoms with E-state index in [-0.39, 0.29) is 0 Å². The van der Waals surface area contributed by atoms with Gasteiger partial charge in [-0.3, -0.25) is 0 Å². The highest BCUT2D eigenvalue weighted by Crippen LogP contribution is 1.75. The first-order valence-electron chi connectivity index (χ1n) is 5.35. The van der Waals surface area contributed by atoms with Crippen LogP contribution < -0.4 is 10.6 Å². The van der Waals surface area contributed by atoms with Gasteiger partial charge in [-0.1, -0.05) is 39.0 Å². The van der Waals surface area contributed by atoms with E-state index >= 15 is 0 Å². The summed E-state index contributed by atoms with van der Waals surface area (Å²) in [6.45, 7) is 8.16. The Balaban J connectivity index is 0.000000791. The highest BCUT2D eigenvalue weighted by molar-refractivity contribution is 5.36. The van der Waals surface area contributed by atoms with Gasteiger partial charge in [-0.2, -0.15) is 0 Å². The van der Waals surface area contributed by atoms with Gasteiger partial charge in [-0.15, -0.1) is 0 Å². The van der Waals surface area contributed by atoms with Gasteiger partial charge in [0.05, 0.1) is 0 Å². The lowest BCUT2D eigenvalue weighted by molar-refractivity contribution is 1.27. The van der Waals surface area contributed by atoms with E-state index in [0.29, 0.717) is 0 Å². The average Bonchev–Trinajstić information content (AvgIpc) is 2.66. The van der Waals surface area contributed by atoms with Crippen molar-refractivity contribution in [1.82, 2.24) is 4.98 Å². The standard InChI is InChI=1S/C11H15N.C2H6/c1-3-5-7-11-10(6-4-2)8-9-12-11;1-2/h3,5-9,12H,4H2,1-2H3;1-2H3/b5-3-,10-6-,11-7+;. The lowest BCUT2D eigenvalue weighted by atomic mass is 10.3. The normalized spacial score (nSPS) is 13.1. The summed E-state index contributed by atoms with van der Waals surface area (Å²) in [6, 6.07) is 2.10. The van der Waals surface area contributed by atoms with E-state index in [2.05, 4.69) is 30.1 Å². The molecule has 1 N–H and O–H groups in total. The maximum atomic E-state index is 3.19. The van der Waals surface area contributed by atoms with Gasteiger partial charge in [0, 0.05) is 11.5 Å². The Bertz CT molecular complexity index is 355. The van der Waals surface area contributed by atoms with Crippen LogP contribution in [0.5, 0.6) is 0 Å². The Hall–Kier alpha value is -1.24. The average molecular weight is 191 g/mol. The second kappa shape index (κ2) is 8.36. The molecule has 0 saturated carbocycles. The molecule has 0 amide bonds. The third-order valence-corrected chi connectivity index (χ3v) is 1.69. The second-order valence-corrected chi connectivity index (χ2v) is 2.65. The molecule has 0 aliphatic heterocycles. The summed E-state index contributed by atoms with van der Waals surface area (Å²) < 4.78 is 0. The lowest BCUT2D eigenvalue weighted by Crippen LogP contribution is -2.21. The minimum Gasteiger partial charge on any atom is -0.361 e. The Morgan fingerprint density at radius 1 is 1.36 bits per heavy atom. The molecule has 0 bridgehead atoms. The molecule has 1 aromatic heterocycles. The van der Waals surface area contributed by atoms with Gasteiger partial charge in [0.25, 0.3) is 0 Å². The number of rotatable bonds is 2. The molecule has 14 heavy (non-hydrogen) atoms. The predicted molar refractivity (Wildman–Crippen MR) is 65.4 cm³/mol. The van der Waals surface area contributed by atoms with E-state index in [1.807, 2.05) is 39.1 Å². The van der Waals surface area contributed by atoms with Crippen LogP contribution in [-0.4, -0.2) is 4.98 Å². The number of H-pyrrole nitrogens is 1. The van der Waals surface area contributed by atoms with Gasteiger partial charge in [0.15, 0.2) is 0 Å². The van der Waals surface area contributed by atoms with Crippen molar-refractivity contribution in [1.29, 1.82) is 0 Å². The molecule has 1 heterocycles. The van der Waals surface area contributed by atoms with Crippen molar-refractivity contribution in [3.05, 3.63) is 35.0 Å². The summed E-state index contributed by atoms with van der Waals surface area (Å²) in [5, 5.41) is 2.48. The van der Waals surface area contributed by atoms with Crippen LogP contribution >= 0.6 is 0 Å². The van der Waals surface area contributed by atoms with Gasteiger partial charge in [0.1, 0.15) is 0 Å². The van der Waals surface area contributed by atoms with Crippen molar-refractivity contribution < 1.29 is 0 Å². The minimum absolute atomic E-state index is 1.08. The zero-order valence-corrected chi connectivity index (χ0v) is 9.67. The first-order chi connectivity index (χ1) is 6.88. The maximum absolute atomic E-state index is 3.19. The molecule has 0 aromatic carbocycles. The van der Waals surface area contributed by atoms with Crippen LogP contribution in [0.15, 0.2) is 24.4 Å². The van der Waals surface area contributed by atoms with Crippen LogP contribution in [0.25, 0.3) is 12.2 Å². The molecule has 0 atom stereocenters. The lowest BCUT2D eigenvalue weighted by Gasteiger charge is -1.78. The summed E-state index contributed by atoms with van der Waals surface area (Å²) in [5.74, 6) is 0. The van der Waals surface area contributed by atoms with Crippen LogP contribution in [0.4, 0.5) is 0 Å². The highest BCUT2D eigenvalue weighted by atomic mass is 14.6. The van der Waals surface area contributed by atoms with E-state index in [4.69, 9.17) is 0 Å². The minimum atomic E-state index is 1.08. The summed E-state index contributed by atoms with van der Waals surface area (Å²) in [4.78, 5) is 3.19. The topological polar surface area (TPSA) is 15.8 Å². The molecular formula is C13H21N. The molecule has 0 fully saturated rings. The van der Waals surface area contributed by atoms with Crippen LogP contribution in [0.2, 0.25) is 0 Å². The molecule has 1 aromatic rings. The van der Waals surface area contributed by atoms with E-state index < -0.39 is 0 Å². The summed E-state index contributed by atoms with van der Waals surface area (Å²) >= 11 is 0. The third kappa shape index (κ3) is 4.13. The Kier molecular flexibility index (Phi) is 7.62. The van der Waals surface area contributed by atoms with Crippen molar-refractivity contribution in [2.24, 2.45) is 0 Å². The highest BCUT2D eigenvalue weighted by Gasteiger charge is 1.81. The molecule has 0 aliphatic rings. The maximum Gasteiger partial charge on any atom is 0.0450 e. The Labute approximate surface area is 86.9 Å². The van der Waals surface area contributed by atoms with Gasteiger partial charge >= 0.3 is 0 Å². The Morgan fingerprint density at radius 3 is 2.64 bits per heavy atom. The van der Waals surface area contributed by atoms with Crippen LogP contribution in [0.3, 0.4) is 0 Å². The van der Waals surface area contributed by atoms with Crippen molar-refractivity contribution in [3.8, 4) is 0 Å². The quantitative estimate of drug-likeness (QED) is 0.739. The largest absolute Gasteiger partial charge is 0.361 e. The predicted octanol–water partition coefficient (Wildman–Crippen LogP) is 2.59. The second-order valence-electron chi connectivity index (χ2n) is 2.65. The van der Waals surface area contributed by atoms with E-state index in [1.165, 1.54) is 10.6 Å². The van der Waals surface area contributed by atoms with Gasteiger partial charge in [-0.05, 0) is 30.7 Å². The molecule has 0 saturated heterocycles. The monoisotopic (exact) mass is 191 g/mol. The molecule has 1 heteroatoms. The fourth-order valence-electron chi connectivity index (χ4n) is 1.13. The van der Waals surface area contributed by atoms with Gasteiger partial charge < -0.3 is 4.98 Å². The summed E-state index contributed by atoms with van der Waals surface area (Å²) in [7, 11) is 0. The molecule has 1 rings (SSSR count). The van der Waals surface area contributed by atoms with Crippen LogP contribution in [0, 0.1) is 0 Å². The van der Waals surface area contributed by atoms with Gasteiger partial charge in [-0.25, -0.2) is 0 Å². The first kappa shape index (κ1) is 12.8. The zero-order chi connectivity index (χ0) is 10.8. The molecule has 78 valence electrons. The SMILES string of the molecule is CC.C\C=C/C=c1/[nH]cc/c1=C/CC. The van der Waals surface area contributed by atoms with Crippen molar-refractivity contribution in [2.75, 3.05) is 0 Å². The number of allylic oxidation sites excluding steroid dienone is 2. The summed E-state index contributed by atoms with van der Waals surface area (Å²) in [5.41, 5.74) is 0. The van der Waals surface area contributed by atoms with Crippen LogP contribution in [0.1, 0.15) is 34.1 Å². The van der Waals surface area contributed by atoms with Crippen molar-refractivity contribution in [2.45, 2.75) is 34.1 Å². The molecule has 0 aliphatic carbocycles. The van der Waals surface area contributed by atoms with Crippen molar-refractivity contribution in [3.63, 3.8) is 0 Å². The van der Waals surface area contributed by atoms with E-state index in [1.54, 1.807) is 0 Å². The fourth-order valence-corrected chi connectivity index (χ4v) is 1.13. The fraction of sp³-hybridized carbons (Fsp3) is 0.385. The molecular weight excluding hydrogens is 170 g/mol. The van der Waals surface area contributed by atoms with E-state index in [9.17, 15) is 0 Å². The van der Waals surface area contributed by atoms with E-state index in [0.717, 1.165) is 6.42 Å². The number of hydrogen-bond donors (Lipinski definition) is 1. The van der Waals surface area contributed by atoms with Gasteiger partial charge in [0.2, 0.25) is 0 Å². The number of aromatic nitrogens is 1. The first-order valence-corrected chi connectivity index (χ1v) is 5.35. The van der Waals surface area contributed by atoms with Crippen LogP contribution in [-0.2, 0) is 0 Å². The smallest absolute Gasteiger partial charge is 0.0450 e. The van der Waals surface area contributed by atoms with Crippen molar-refractivity contribution >= 4 is 12.2 Å².